The van der Waals surface area contributed by atoms with Crippen molar-refractivity contribution in [2.24, 2.45) is 4.99 Å². The van der Waals surface area contributed by atoms with Gasteiger partial charge in [0.25, 0.3) is 0 Å². The van der Waals surface area contributed by atoms with Crippen LogP contribution < -0.4 is 5.32 Å². The molecule has 6 heteroatoms. The molecule has 0 heterocycles. The first-order chi connectivity index (χ1) is 13.6. The maximum absolute atomic E-state index is 9.08. The summed E-state index contributed by atoms with van der Waals surface area (Å²) in [6.07, 6.45) is 0. The van der Waals surface area contributed by atoms with Gasteiger partial charge in [-0.15, -0.1) is 0 Å². The van der Waals surface area contributed by atoms with Gasteiger partial charge in [-0.05, 0) is 54.4 Å². The van der Waals surface area contributed by atoms with Crippen LogP contribution in [0.4, 0.5) is 11.4 Å². The highest BCUT2D eigenvalue weighted by Crippen LogP contribution is 2.21. The predicted molar refractivity (Wildman–Crippen MR) is 121 cm³/mol. The quantitative estimate of drug-likeness (QED) is 0.245. The van der Waals surface area contributed by atoms with Gasteiger partial charge in [-0.3, -0.25) is 5.41 Å². The lowest BCUT2D eigenvalue weighted by Crippen LogP contribution is -2.13. The Morgan fingerprint density at radius 2 is 1.36 bits per heavy atom. The molecule has 28 heavy (non-hydrogen) atoms. The molecule has 0 spiro atoms. The Bertz CT molecular complexity index is 1090. The number of rotatable bonds is 4. The summed E-state index contributed by atoms with van der Waals surface area (Å²) in [6.45, 7) is 0. The second-order valence-corrected chi connectivity index (χ2v) is 7.59. The van der Waals surface area contributed by atoms with E-state index in [2.05, 4.69) is 43.0 Å². The average molecular weight is 494 g/mol. The van der Waals surface area contributed by atoms with E-state index in [9.17, 15) is 0 Å². The van der Waals surface area contributed by atoms with Gasteiger partial charge in [-0.2, -0.15) is 5.26 Å². The minimum absolute atomic E-state index is 0.193. The minimum Gasteiger partial charge on any atom is -0.340 e. The van der Waals surface area contributed by atoms with Crippen molar-refractivity contribution in [2.45, 2.75) is 0 Å². The van der Waals surface area contributed by atoms with Crippen molar-refractivity contribution in [3.8, 4) is 6.07 Å². The van der Waals surface area contributed by atoms with Gasteiger partial charge in [0.2, 0.25) is 0 Å². The summed E-state index contributed by atoms with van der Waals surface area (Å²) in [5.74, 6) is 2.83. The number of amidine groups is 1. The SMILES string of the molecule is N#CC(=C=N)c1ccc(C(=Nc2ccc(Br)cc2)Nc2ccc(Br)cc2)cc1. The molecule has 2 N–H and O–H groups in total. The first kappa shape index (κ1) is 19.8. The molecule has 0 saturated heterocycles. The number of anilines is 1. The van der Waals surface area contributed by atoms with Crippen LogP contribution in [0.25, 0.3) is 5.57 Å². The molecule has 0 atom stereocenters. The van der Waals surface area contributed by atoms with Gasteiger partial charge in [0.05, 0.1) is 5.69 Å². The van der Waals surface area contributed by atoms with Crippen molar-refractivity contribution in [2.75, 3.05) is 5.32 Å². The molecule has 0 fully saturated rings. The highest BCUT2D eigenvalue weighted by atomic mass is 79.9. The number of halogens is 2. The van der Waals surface area contributed by atoms with Crippen molar-refractivity contribution < 1.29 is 0 Å². The summed E-state index contributed by atoms with van der Waals surface area (Å²) >= 11 is 6.87. The van der Waals surface area contributed by atoms with E-state index >= 15 is 0 Å². The Morgan fingerprint density at radius 3 is 1.89 bits per heavy atom. The Kier molecular flexibility index (Phi) is 6.57. The van der Waals surface area contributed by atoms with E-state index in [4.69, 9.17) is 15.7 Å². The Labute approximate surface area is 180 Å². The molecular formula is C22H14Br2N4. The highest BCUT2D eigenvalue weighted by Gasteiger charge is 2.07. The molecule has 0 aliphatic heterocycles. The van der Waals surface area contributed by atoms with Gasteiger partial charge in [0.1, 0.15) is 17.5 Å². The maximum Gasteiger partial charge on any atom is 0.138 e. The second-order valence-electron chi connectivity index (χ2n) is 5.76. The number of hydrogen-bond acceptors (Lipinski definition) is 3. The zero-order valence-electron chi connectivity index (χ0n) is 14.6. The Hall–Kier alpha value is -2.97. The third kappa shape index (κ3) is 5.05. The average Bonchev–Trinajstić information content (AvgIpc) is 2.72. The van der Waals surface area contributed by atoms with Crippen LogP contribution >= 0.6 is 31.9 Å². The van der Waals surface area contributed by atoms with Crippen LogP contribution in [0.1, 0.15) is 11.1 Å². The molecule has 0 amide bonds. The van der Waals surface area contributed by atoms with Crippen LogP contribution in [0.2, 0.25) is 0 Å². The molecule has 4 nitrogen and oxygen atoms in total. The van der Waals surface area contributed by atoms with E-state index in [-0.39, 0.29) is 5.57 Å². The van der Waals surface area contributed by atoms with Crippen LogP contribution in [0.3, 0.4) is 0 Å². The van der Waals surface area contributed by atoms with Crippen molar-refractivity contribution >= 4 is 60.5 Å². The number of hydrogen-bond donors (Lipinski definition) is 2. The van der Waals surface area contributed by atoms with Gasteiger partial charge in [0.15, 0.2) is 0 Å². The van der Waals surface area contributed by atoms with E-state index in [1.165, 1.54) is 0 Å². The van der Waals surface area contributed by atoms with E-state index in [0.29, 0.717) is 11.4 Å². The van der Waals surface area contributed by atoms with E-state index in [0.717, 1.165) is 25.9 Å². The molecule has 136 valence electrons. The number of nitrogens with one attached hydrogen (secondary N) is 2. The molecule has 0 bridgehead atoms. The van der Waals surface area contributed by atoms with Crippen molar-refractivity contribution in [1.82, 2.24) is 0 Å². The largest absolute Gasteiger partial charge is 0.340 e. The van der Waals surface area contributed by atoms with Gasteiger partial charge in [-0.25, -0.2) is 4.99 Å². The fourth-order valence-corrected chi connectivity index (χ4v) is 2.97. The highest BCUT2D eigenvalue weighted by molar-refractivity contribution is 9.10. The number of benzene rings is 3. The monoisotopic (exact) mass is 492 g/mol. The molecule has 3 rings (SSSR count). The minimum atomic E-state index is 0.193. The summed E-state index contributed by atoms with van der Waals surface area (Å²) in [4.78, 5) is 4.75. The first-order valence-corrected chi connectivity index (χ1v) is 9.85. The smallest absolute Gasteiger partial charge is 0.138 e. The molecule has 0 aliphatic carbocycles. The van der Waals surface area contributed by atoms with Crippen LogP contribution in [0.15, 0.2) is 86.7 Å². The van der Waals surface area contributed by atoms with Gasteiger partial charge >= 0.3 is 0 Å². The second kappa shape index (κ2) is 9.29. The lowest BCUT2D eigenvalue weighted by molar-refractivity contribution is 1.45. The number of aliphatic imine (C=N–C) groups is 1. The third-order valence-corrected chi connectivity index (χ3v) is 4.92. The number of nitriles is 1. The molecule has 0 radical (unpaired) electrons. The van der Waals surface area contributed by atoms with E-state index in [1.807, 2.05) is 66.7 Å². The summed E-state index contributed by atoms with van der Waals surface area (Å²) < 4.78 is 1.98. The normalized spacial score (nSPS) is 10.7. The molecule has 0 unspecified atom stereocenters. The zero-order chi connectivity index (χ0) is 19.9. The molecule has 0 aliphatic rings. The summed E-state index contributed by atoms with van der Waals surface area (Å²) in [5, 5.41) is 19.6. The Morgan fingerprint density at radius 1 is 0.821 bits per heavy atom. The molecule has 3 aromatic carbocycles. The fraction of sp³-hybridized carbons (Fsp3) is 0. The van der Waals surface area contributed by atoms with Crippen molar-refractivity contribution in [3.63, 3.8) is 0 Å². The molecule has 0 saturated carbocycles. The first-order valence-electron chi connectivity index (χ1n) is 8.26. The lowest BCUT2D eigenvalue weighted by Gasteiger charge is -2.11. The maximum atomic E-state index is 9.08. The number of nitrogens with zero attached hydrogens (tertiary/aromatic N) is 2. The molecular weight excluding hydrogens is 480 g/mol. The van der Waals surface area contributed by atoms with Crippen LogP contribution in [0.5, 0.6) is 0 Å². The van der Waals surface area contributed by atoms with Crippen LogP contribution in [-0.2, 0) is 0 Å². The van der Waals surface area contributed by atoms with Gasteiger partial charge in [-0.1, -0.05) is 56.1 Å². The third-order valence-electron chi connectivity index (χ3n) is 3.86. The van der Waals surface area contributed by atoms with Gasteiger partial charge in [0, 0.05) is 25.8 Å². The van der Waals surface area contributed by atoms with Crippen molar-refractivity contribution in [1.29, 1.82) is 10.7 Å². The summed E-state index contributed by atoms with van der Waals surface area (Å²) in [5.41, 5.74) is 3.41. The van der Waals surface area contributed by atoms with E-state index < -0.39 is 0 Å². The van der Waals surface area contributed by atoms with E-state index in [1.54, 1.807) is 12.1 Å². The van der Waals surface area contributed by atoms with Gasteiger partial charge < -0.3 is 5.32 Å². The molecule has 0 aromatic heterocycles. The number of allylic oxidation sites excluding steroid dienone is 1. The zero-order valence-corrected chi connectivity index (χ0v) is 17.8. The topological polar surface area (TPSA) is 72.0 Å². The van der Waals surface area contributed by atoms with Crippen molar-refractivity contribution in [3.05, 3.63) is 92.9 Å². The van der Waals surface area contributed by atoms with Crippen LogP contribution in [0, 0.1) is 16.7 Å². The van der Waals surface area contributed by atoms with Crippen LogP contribution in [-0.4, -0.2) is 11.7 Å². The molecule has 3 aromatic rings. The summed E-state index contributed by atoms with van der Waals surface area (Å²) in [6, 6.07) is 24.8. The standard InChI is InChI=1S/C22H14Br2N4/c23-18-5-9-20(10-6-18)27-22(28-21-11-7-19(24)8-12-21)16-3-1-15(2-4-16)17(13-25)14-26/h1-12,25H,(H,27,28). The Balaban J connectivity index is 2.00. The fourth-order valence-electron chi connectivity index (χ4n) is 2.44. The predicted octanol–water partition coefficient (Wildman–Crippen LogP) is 6.56. The lowest BCUT2D eigenvalue weighted by atomic mass is 10.1. The summed E-state index contributed by atoms with van der Waals surface area (Å²) in [7, 11) is 0.